The van der Waals surface area contributed by atoms with Crippen molar-refractivity contribution in [2.24, 2.45) is 5.73 Å². The molecular formula is C24H30N4O8. The molecule has 2 rings (SSSR count). The van der Waals surface area contributed by atoms with Gasteiger partial charge >= 0.3 is 5.97 Å². The predicted octanol–water partition coefficient (Wildman–Crippen LogP) is -1.97. The number of carbonyl (C=O) groups is 4. The second-order valence-corrected chi connectivity index (χ2v) is 8.05. The van der Waals surface area contributed by atoms with Gasteiger partial charge in [-0.25, -0.2) is 4.79 Å². The Morgan fingerprint density at radius 3 is 1.75 bits per heavy atom. The van der Waals surface area contributed by atoms with Gasteiger partial charge in [0.2, 0.25) is 17.7 Å². The van der Waals surface area contributed by atoms with E-state index >= 15 is 0 Å². The summed E-state index contributed by atoms with van der Waals surface area (Å²) < 4.78 is 0. The van der Waals surface area contributed by atoms with Gasteiger partial charge in [-0.05, 0) is 29.7 Å². The minimum Gasteiger partial charge on any atom is -0.508 e. The summed E-state index contributed by atoms with van der Waals surface area (Å²) in [5.41, 5.74) is 7.41. The van der Waals surface area contributed by atoms with Crippen LogP contribution in [0.3, 0.4) is 0 Å². The molecule has 3 amide bonds. The molecular weight excluding hydrogens is 472 g/mol. The maximum absolute atomic E-state index is 13.0. The zero-order valence-corrected chi connectivity index (χ0v) is 19.3. The summed E-state index contributed by atoms with van der Waals surface area (Å²) >= 11 is 0. The van der Waals surface area contributed by atoms with Crippen LogP contribution in [0.15, 0.2) is 54.6 Å². The molecule has 0 fully saturated rings. The Morgan fingerprint density at radius 2 is 1.19 bits per heavy atom. The van der Waals surface area contributed by atoms with Gasteiger partial charge in [0.15, 0.2) is 0 Å². The first-order chi connectivity index (χ1) is 17.1. The molecule has 0 aliphatic rings. The number of nitrogens with one attached hydrogen (secondary N) is 3. The number of hydrogen-bond donors (Lipinski definition) is 8. The number of rotatable bonds is 13. The number of nitrogens with two attached hydrogens (primary N) is 1. The SMILES string of the molecule is NC(Cc1ccccc1)C(=O)NC(Cc1ccc(O)cc1)C(=O)NC(CO)C(=O)NC(CO)C(=O)O. The number of carbonyl (C=O) groups excluding carboxylic acids is 3. The molecule has 0 spiro atoms. The molecule has 12 heteroatoms. The lowest BCUT2D eigenvalue weighted by molar-refractivity contribution is -0.143. The van der Waals surface area contributed by atoms with Crippen LogP contribution in [-0.4, -0.2) is 81.5 Å². The summed E-state index contributed by atoms with van der Waals surface area (Å²) in [6.07, 6.45) is 0.170. The number of aliphatic hydroxyl groups is 2. The minimum atomic E-state index is -1.63. The summed E-state index contributed by atoms with van der Waals surface area (Å²) in [4.78, 5) is 49.2. The first-order valence-electron chi connectivity index (χ1n) is 11.1. The molecule has 0 saturated heterocycles. The number of aliphatic hydroxyl groups excluding tert-OH is 2. The number of aliphatic carboxylic acids is 1. The van der Waals surface area contributed by atoms with Crippen molar-refractivity contribution in [3.8, 4) is 5.75 Å². The van der Waals surface area contributed by atoms with E-state index in [0.717, 1.165) is 5.56 Å². The molecule has 0 aliphatic heterocycles. The molecule has 0 saturated carbocycles. The maximum Gasteiger partial charge on any atom is 0.328 e. The molecule has 0 heterocycles. The predicted molar refractivity (Wildman–Crippen MR) is 128 cm³/mol. The van der Waals surface area contributed by atoms with E-state index in [-0.39, 0.29) is 18.6 Å². The number of phenols is 1. The quantitative estimate of drug-likeness (QED) is 0.152. The molecule has 0 bridgehead atoms. The highest BCUT2D eigenvalue weighted by atomic mass is 16.4. The van der Waals surface area contributed by atoms with Gasteiger partial charge < -0.3 is 42.1 Å². The Labute approximate surface area is 207 Å². The van der Waals surface area contributed by atoms with E-state index in [1.54, 1.807) is 36.4 Å². The molecule has 194 valence electrons. The summed E-state index contributed by atoms with van der Waals surface area (Å²) in [6, 6.07) is 9.51. The summed E-state index contributed by atoms with van der Waals surface area (Å²) in [7, 11) is 0. The second-order valence-electron chi connectivity index (χ2n) is 8.05. The first kappa shape index (κ1) is 28.2. The second kappa shape index (κ2) is 13.8. The van der Waals surface area contributed by atoms with Gasteiger partial charge in [-0.15, -0.1) is 0 Å². The van der Waals surface area contributed by atoms with Gasteiger partial charge in [-0.1, -0.05) is 42.5 Å². The minimum absolute atomic E-state index is 0.00236. The largest absolute Gasteiger partial charge is 0.508 e. The molecule has 12 nitrogen and oxygen atoms in total. The first-order valence-corrected chi connectivity index (χ1v) is 11.1. The van der Waals surface area contributed by atoms with Gasteiger partial charge in [-0.3, -0.25) is 14.4 Å². The highest BCUT2D eigenvalue weighted by molar-refractivity contribution is 5.94. The van der Waals surface area contributed by atoms with Gasteiger partial charge in [-0.2, -0.15) is 0 Å². The lowest BCUT2D eigenvalue weighted by atomic mass is 10.0. The van der Waals surface area contributed by atoms with Crippen molar-refractivity contribution in [1.82, 2.24) is 16.0 Å². The number of carboxylic acids is 1. The van der Waals surface area contributed by atoms with Crippen molar-refractivity contribution >= 4 is 23.7 Å². The fourth-order valence-corrected chi connectivity index (χ4v) is 3.24. The molecule has 2 aromatic rings. The van der Waals surface area contributed by atoms with Crippen LogP contribution in [0.4, 0.5) is 0 Å². The fourth-order valence-electron chi connectivity index (χ4n) is 3.24. The van der Waals surface area contributed by atoms with E-state index < -0.39 is 61.1 Å². The van der Waals surface area contributed by atoms with Crippen molar-refractivity contribution in [3.05, 3.63) is 65.7 Å². The lowest BCUT2D eigenvalue weighted by Gasteiger charge is -2.24. The Bertz CT molecular complexity index is 1030. The lowest BCUT2D eigenvalue weighted by Crippen LogP contribution is -2.59. The van der Waals surface area contributed by atoms with E-state index in [9.17, 15) is 29.4 Å². The van der Waals surface area contributed by atoms with E-state index in [2.05, 4.69) is 10.6 Å². The van der Waals surface area contributed by atoms with Gasteiger partial charge in [0.25, 0.3) is 0 Å². The number of phenolic OH excluding ortho intramolecular Hbond substituents is 1. The zero-order valence-electron chi connectivity index (χ0n) is 19.3. The molecule has 0 aliphatic carbocycles. The third kappa shape index (κ3) is 8.65. The molecule has 36 heavy (non-hydrogen) atoms. The van der Waals surface area contributed by atoms with Crippen LogP contribution >= 0.6 is 0 Å². The van der Waals surface area contributed by atoms with E-state index in [1.807, 2.05) is 11.4 Å². The summed E-state index contributed by atoms with van der Waals surface area (Å²) in [6.45, 7) is -1.77. The molecule has 9 N–H and O–H groups in total. The van der Waals surface area contributed by atoms with Crippen LogP contribution in [0.5, 0.6) is 5.75 Å². The normalized spacial score (nSPS) is 14.1. The third-order valence-electron chi connectivity index (χ3n) is 5.26. The van der Waals surface area contributed by atoms with E-state index in [0.29, 0.717) is 5.56 Å². The molecule has 2 aromatic carbocycles. The Kier molecular flexibility index (Phi) is 10.8. The van der Waals surface area contributed by atoms with Crippen LogP contribution in [-0.2, 0) is 32.0 Å². The number of aromatic hydroxyl groups is 1. The fraction of sp³-hybridized carbons (Fsp3) is 0.333. The van der Waals surface area contributed by atoms with Crippen molar-refractivity contribution in [1.29, 1.82) is 0 Å². The number of amides is 3. The van der Waals surface area contributed by atoms with Crippen molar-refractivity contribution in [3.63, 3.8) is 0 Å². The molecule has 4 unspecified atom stereocenters. The zero-order chi connectivity index (χ0) is 26.7. The van der Waals surface area contributed by atoms with Crippen molar-refractivity contribution in [2.75, 3.05) is 13.2 Å². The Hall–Kier alpha value is -4.00. The Balaban J connectivity index is 2.15. The smallest absolute Gasteiger partial charge is 0.328 e. The van der Waals surface area contributed by atoms with Gasteiger partial charge in [0, 0.05) is 6.42 Å². The van der Waals surface area contributed by atoms with Crippen LogP contribution in [0.2, 0.25) is 0 Å². The van der Waals surface area contributed by atoms with E-state index in [1.165, 1.54) is 12.1 Å². The standard InChI is InChI=1S/C24H30N4O8/c25-17(10-14-4-2-1-3-5-14)21(32)26-18(11-15-6-8-16(31)9-7-15)22(33)27-19(12-29)23(34)28-20(13-30)24(35)36/h1-9,17-20,29-31H,10-13,25H2,(H,26,32)(H,27,33)(H,28,34)(H,35,36). The number of carboxylic acid groups (broad SMARTS) is 1. The van der Waals surface area contributed by atoms with Crippen LogP contribution in [0, 0.1) is 0 Å². The van der Waals surface area contributed by atoms with Gasteiger partial charge in [0.1, 0.15) is 23.9 Å². The maximum atomic E-state index is 13.0. The molecule has 4 atom stereocenters. The van der Waals surface area contributed by atoms with Crippen LogP contribution < -0.4 is 21.7 Å². The van der Waals surface area contributed by atoms with Gasteiger partial charge in [0.05, 0.1) is 19.3 Å². The monoisotopic (exact) mass is 502 g/mol. The van der Waals surface area contributed by atoms with Crippen LogP contribution in [0.1, 0.15) is 11.1 Å². The number of hydrogen-bond acceptors (Lipinski definition) is 8. The van der Waals surface area contributed by atoms with Crippen molar-refractivity contribution < 1.29 is 39.6 Å². The molecule has 0 radical (unpaired) electrons. The highest BCUT2D eigenvalue weighted by Gasteiger charge is 2.30. The van der Waals surface area contributed by atoms with E-state index in [4.69, 9.17) is 15.9 Å². The topological polar surface area (TPSA) is 211 Å². The average Bonchev–Trinajstić information content (AvgIpc) is 2.86. The average molecular weight is 503 g/mol. The number of benzene rings is 2. The van der Waals surface area contributed by atoms with Crippen LogP contribution in [0.25, 0.3) is 0 Å². The molecule has 0 aromatic heterocycles. The van der Waals surface area contributed by atoms with Crippen molar-refractivity contribution in [2.45, 2.75) is 37.0 Å². The summed E-state index contributed by atoms with van der Waals surface area (Å²) in [5.74, 6) is -4.01. The Morgan fingerprint density at radius 1 is 0.694 bits per heavy atom. The third-order valence-corrected chi connectivity index (χ3v) is 5.26. The summed E-state index contributed by atoms with van der Waals surface area (Å²) in [5, 5.41) is 44.0. The highest BCUT2D eigenvalue weighted by Crippen LogP contribution is 2.12.